The summed E-state index contributed by atoms with van der Waals surface area (Å²) in [6, 6.07) is 28.0. The summed E-state index contributed by atoms with van der Waals surface area (Å²) in [7, 11) is 3.28. The van der Waals surface area contributed by atoms with E-state index in [1.807, 2.05) is 72.8 Å². The number of amides is 1. The van der Waals surface area contributed by atoms with Gasteiger partial charge in [0.05, 0.1) is 14.2 Å². The number of rotatable bonds is 7. The van der Waals surface area contributed by atoms with Gasteiger partial charge in [-0.05, 0) is 91.0 Å². The van der Waals surface area contributed by atoms with Crippen molar-refractivity contribution in [3.8, 4) is 11.5 Å². The van der Waals surface area contributed by atoms with Gasteiger partial charge in [0.15, 0.2) is 0 Å². The van der Waals surface area contributed by atoms with E-state index in [1.165, 1.54) is 0 Å². The van der Waals surface area contributed by atoms with Crippen molar-refractivity contribution in [1.82, 2.24) is 0 Å². The minimum Gasteiger partial charge on any atom is -0.497 e. The lowest BCUT2D eigenvalue weighted by Gasteiger charge is -2.26. The minimum absolute atomic E-state index is 0.283. The van der Waals surface area contributed by atoms with Crippen LogP contribution in [0.15, 0.2) is 91.0 Å². The quantitative estimate of drug-likeness (QED) is 0.315. The molecule has 4 aromatic carbocycles. The maximum absolute atomic E-state index is 12.6. The van der Waals surface area contributed by atoms with Crippen LogP contribution in [0.4, 0.5) is 34.1 Å². The number of nitrogens with zero attached hydrogens (tertiary/aromatic N) is 1. The second-order valence-electron chi connectivity index (χ2n) is 7.62. The molecule has 0 unspecified atom stereocenters. The lowest BCUT2D eigenvalue weighted by molar-refractivity contribution is 0.102. The Morgan fingerprint density at radius 2 is 1.09 bits per heavy atom. The smallest absolute Gasteiger partial charge is 0.255 e. The number of anilines is 6. The van der Waals surface area contributed by atoms with Gasteiger partial charge in [-0.25, -0.2) is 0 Å². The van der Waals surface area contributed by atoms with Crippen LogP contribution in [0.2, 0.25) is 0 Å². The summed E-state index contributed by atoms with van der Waals surface area (Å²) in [4.78, 5) is 14.7. The summed E-state index contributed by atoms with van der Waals surface area (Å²) in [5.41, 5.74) is 16.4. The van der Waals surface area contributed by atoms with Crippen LogP contribution in [0.25, 0.3) is 0 Å². The second kappa shape index (κ2) is 9.87. The highest BCUT2D eigenvalue weighted by Gasteiger charge is 2.14. The van der Waals surface area contributed by atoms with E-state index in [0.29, 0.717) is 22.6 Å². The highest BCUT2D eigenvalue weighted by Crippen LogP contribution is 2.36. The molecule has 4 rings (SSSR count). The van der Waals surface area contributed by atoms with Crippen LogP contribution in [0.1, 0.15) is 10.4 Å². The fraction of sp³-hybridized carbons (Fsp3) is 0.0741. The van der Waals surface area contributed by atoms with E-state index < -0.39 is 0 Å². The molecule has 0 spiro atoms. The van der Waals surface area contributed by atoms with Crippen LogP contribution in [0.5, 0.6) is 11.5 Å². The van der Waals surface area contributed by atoms with E-state index in [9.17, 15) is 4.79 Å². The summed E-state index contributed by atoms with van der Waals surface area (Å²) in [6.45, 7) is 0. The molecule has 0 aromatic heterocycles. The molecule has 34 heavy (non-hydrogen) atoms. The van der Waals surface area contributed by atoms with E-state index in [-0.39, 0.29) is 5.91 Å². The van der Waals surface area contributed by atoms with Crippen molar-refractivity contribution in [1.29, 1.82) is 0 Å². The highest BCUT2D eigenvalue weighted by atomic mass is 16.5. The number of hydrogen-bond acceptors (Lipinski definition) is 6. The number of nitrogens with two attached hydrogens (primary N) is 2. The zero-order chi connectivity index (χ0) is 24.1. The fourth-order valence-electron chi connectivity index (χ4n) is 3.61. The molecule has 1 amide bonds. The van der Waals surface area contributed by atoms with Gasteiger partial charge in [-0.15, -0.1) is 0 Å². The Morgan fingerprint density at radius 1 is 0.676 bits per heavy atom. The van der Waals surface area contributed by atoms with Crippen molar-refractivity contribution in [2.45, 2.75) is 0 Å². The van der Waals surface area contributed by atoms with Gasteiger partial charge in [-0.2, -0.15) is 0 Å². The van der Waals surface area contributed by atoms with Crippen LogP contribution in [0.3, 0.4) is 0 Å². The average Bonchev–Trinajstić information content (AvgIpc) is 2.85. The number of nitrogen functional groups attached to an aromatic ring is 2. The first-order chi connectivity index (χ1) is 16.5. The number of carbonyl (C=O) groups is 1. The zero-order valence-corrected chi connectivity index (χ0v) is 19.0. The molecule has 0 saturated heterocycles. The molecule has 7 heteroatoms. The van der Waals surface area contributed by atoms with Crippen molar-refractivity contribution in [2.24, 2.45) is 0 Å². The van der Waals surface area contributed by atoms with Gasteiger partial charge in [0, 0.05) is 39.7 Å². The van der Waals surface area contributed by atoms with Crippen molar-refractivity contribution in [2.75, 3.05) is 35.9 Å². The lowest BCUT2D eigenvalue weighted by Crippen LogP contribution is -2.13. The molecule has 0 fully saturated rings. The van der Waals surface area contributed by atoms with Crippen LogP contribution in [0, 0.1) is 0 Å². The summed E-state index contributed by atoms with van der Waals surface area (Å²) in [5, 5.41) is 2.89. The van der Waals surface area contributed by atoms with Gasteiger partial charge in [-0.1, -0.05) is 0 Å². The number of hydrogen-bond donors (Lipinski definition) is 3. The van der Waals surface area contributed by atoms with Gasteiger partial charge in [0.25, 0.3) is 5.91 Å². The minimum atomic E-state index is -0.283. The first kappa shape index (κ1) is 22.5. The summed E-state index contributed by atoms with van der Waals surface area (Å²) in [5.74, 6) is 1.27. The Bertz CT molecular complexity index is 1200. The fourth-order valence-corrected chi connectivity index (χ4v) is 3.61. The summed E-state index contributed by atoms with van der Waals surface area (Å²) in [6.07, 6.45) is 0. The average molecular weight is 455 g/mol. The topological polar surface area (TPSA) is 103 Å². The zero-order valence-electron chi connectivity index (χ0n) is 19.0. The first-order valence-electron chi connectivity index (χ1n) is 10.6. The molecule has 0 aliphatic heterocycles. The normalized spacial score (nSPS) is 10.4. The van der Waals surface area contributed by atoms with Gasteiger partial charge in [0.2, 0.25) is 0 Å². The molecule has 5 N–H and O–H groups in total. The third-order valence-corrected chi connectivity index (χ3v) is 5.28. The van der Waals surface area contributed by atoms with Crippen LogP contribution < -0.4 is 31.2 Å². The third kappa shape index (κ3) is 5.05. The van der Waals surface area contributed by atoms with E-state index >= 15 is 0 Å². The van der Waals surface area contributed by atoms with Crippen LogP contribution in [-0.2, 0) is 0 Å². The summed E-state index contributed by atoms with van der Waals surface area (Å²) >= 11 is 0. The first-order valence-corrected chi connectivity index (χ1v) is 10.6. The molecule has 0 radical (unpaired) electrons. The van der Waals surface area contributed by atoms with E-state index in [1.54, 1.807) is 32.4 Å². The third-order valence-electron chi connectivity index (χ3n) is 5.28. The van der Waals surface area contributed by atoms with E-state index in [4.69, 9.17) is 20.9 Å². The van der Waals surface area contributed by atoms with Crippen LogP contribution >= 0.6 is 0 Å². The Morgan fingerprint density at radius 3 is 1.50 bits per heavy atom. The number of nitrogens with one attached hydrogen (secondary N) is 1. The van der Waals surface area contributed by atoms with Gasteiger partial charge >= 0.3 is 0 Å². The number of ether oxygens (including phenoxy) is 2. The Balaban J connectivity index is 1.62. The van der Waals surface area contributed by atoms with Gasteiger partial charge in [0.1, 0.15) is 11.5 Å². The van der Waals surface area contributed by atoms with Gasteiger partial charge in [-0.3, -0.25) is 4.79 Å². The number of carbonyl (C=O) groups excluding carboxylic acids is 1. The molecule has 0 bridgehead atoms. The SMILES string of the molecule is COc1ccc(N(c2ccc(NC(=O)c3cc(N)cc(N)c3)cc2)c2ccc(OC)cc2)cc1. The highest BCUT2D eigenvalue weighted by molar-refractivity contribution is 6.05. The Hall–Kier alpha value is -4.65. The number of methoxy groups -OCH3 is 2. The standard InChI is InChI=1S/C27H26N4O3/c1-33-25-11-7-23(8-12-25)31(24-9-13-26(34-2)14-10-24)22-5-3-21(4-6-22)30-27(32)18-15-19(28)17-20(29)16-18/h3-17H,28-29H2,1-2H3,(H,30,32). The predicted octanol–water partition coefficient (Wildman–Crippen LogP) is 5.59. The van der Waals surface area contributed by atoms with Crippen molar-refractivity contribution >= 4 is 40.0 Å². The molecular weight excluding hydrogens is 428 g/mol. The molecule has 0 aliphatic rings. The molecule has 7 nitrogen and oxygen atoms in total. The molecule has 0 aliphatic carbocycles. The van der Waals surface area contributed by atoms with E-state index in [0.717, 1.165) is 28.6 Å². The molecule has 0 atom stereocenters. The maximum atomic E-state index is 12.6. The molecule has 4 aromatic rings. The van der Waals surface area contributed by atoms with Gasteiger partial charge < -0.3 is 31.2 Å². The Kier molecular flexibility index (Phi) is 6.54. The largest absolute Gasteiger partial charge is 0.497 e. The molecule has 172 valence electrons. The molecule has 0 heterocycles. The van der Waals surface area contributed by atoms with Crippen molar-refractivity contribution in [3.63, 3.8) is 0 Å². The van der Waals surface area contributed by atoms with Crippen LogP contribution in [-0.4, -0.2) is 20.1 Å². The molecular formula is C27H26N4O3. The monoisotopic (exact) mass is 454 g/mol. The second-order valence-corrected chi connectivity index (χ2v) is 7.62. The van der Waals surface area contributed by atoms with E-state index in [2.05, 4.69) is 10.2 Å². The van der Waals surface area contributed by atoms with Crippen molar-refractivity contribution in [3.05, 3.63) is 96.6 Å². The maximum Gasteiger partial charge on any atom is 0.255 e. The summed E-state index contributed by atoms with van der Waals surface area (Å²) < 4.78 is 10.6. The number of benzene rings is 4. The molecule has 0 saturated carbocycles. The predicted molar refractivity (Wildman–Crippen MR) is 137 cm³/mol. The lowest BCUT2D eigenvalue weighted by atomic mass is 10.1. The Labute approximate surface area is 198 Å². The van der Waals surface area contributed by atoms with Crippen molar-refractivity contribution < 1.29 is 14.3 Å².